The van der Waals surface area contributed by atoms with Gasteiger partial charge in [0.05, 0.1) is 10.6 Å². The molecule has 0 bridgehead atoms. The Morgan fingerprint density at radius 3 is 2.61 bits per heavy atom. The third kappa shape index (κ3) is 3.45. The lowest BCUT2D eigenvalue weighted by atomic mass is 10.2. The predicted octanol–water partition coefficient (Wildman–Crippen LogP) is 4.17. The first-order valence-electron chi connectivity index (χ1n) is 4.85. The Hall–Kier alpha value is -1.10. The second-order valence-electron chi connectivity index (χ2n) is 3.27. The van der Waals surface area contributed by atoms with E-state index in [1.54, 1.807) is 36.5 Å². The Morgan fingerprint density at radius 2 is 1.94 bits per heavy atom. The fraction of sp³-hybridized carbons (Fsp3) is 0. The van der Waals surface area contributed by atoms with Crippen LogP contribution in [0.1, 0.15) is 10.4 Å². The van der Waals surface area contributed by atoms with E-state index in [-0.39, 0.29) is 18.3 Å². The van der Waals surface area contributed by atoms with Gasteiger partial charge in [-0.05, 0) is 40.2 Å². The Balaban J connectivity index is 0.00000162. The second-order valence-corrected chi connectivity index (χ2v) is 4.53. The van der Waals surface area contributed by atoms with E-state index in [4.69, 9.17) is 11.6 Å². The summed E-state index contributed by atoms with van der Waals surface area (Å²) in [5.74, 6) is 0.105. The number of carbonyl (C=O) groups excluding carboxylic acids is 1. The van der Waals surface area contributed by atoms with E-state index < -0.39 is 0 Å². The average Bonchev–Trinajstić information content (AvgIpc) is 2.32. The van der Waals surface area contributed by atoms with Crippen LogP contribution in [0.2, 0.25) is 5.02 Å². The van der Waals surface area contributed by atoms with Crippen molar-refractivity contribution >= 4 is 51.7 Å². The summed E-state index contributed by atoms with van der Waals surface area (Å²) >= 11 is 9.22. The second kappa shape index (κ2) is 6.73. The predicted molar refractivity (Wildman–Crippen MR) is 78.6 cm³/mol. The summed E-state index contributed by atoms with van der Waals surface area (Å²) in [6, 6.07) is 10.5. The standard InChI is InChI=1S/C12H8BrClN2O.ClH/c13-9-5-2-1-4-8(9)12(17)16-11-10(14)6-3-7-15-11;/h1-7H,(H,15,16,17);1H. The highest BCUT2D eigenvalue weighted by Crippen LogP contribution is 2.21. The normalized spacial score (nSPS) is 9.44. The number of anilines is 1. The first-order valence-corrected chi connectivity index (χ1v) is 6.02. The molecule has 0 saturated heterocycles. The molecule has 0 aliphatic rings. The minimum atomic E-state index is -0.252. The maximum atomic E-state index is 11.9. The number of rotatable bonds is 2. The van der Waals surface area contributed by atoms with Crippen molar-refractivity contribution in [3.63, 3.8) is 0 Å². The van der Waals surface area contributed by atoms with E-state index in [1.165, 1.54) is 0 Å². The molecule has 0 aliphatic carbocycles. The quantitative estimate of drug-likeness (QED) is 0.885. The third-order valence-electron chi connectivity index (χ3n) is 2.11. The average molecular weight is 348 g/mol. The number of aromatic nitrogens is 1. The van der Waals surface area contributed by atoms with Crippen molar-refractivity contribution < 1.29 is 4.79 Å². The molecule has 0 spiro atoms. The summed E-state index contributed by atoms with van der Waals surface area (Å²) in [6.07, 6.45) is 1.57. The molecule has 1 aromatic carbocycles. The zero-order chi connectivity index (χ0) is 12.3. The summed E-state index contributed by atoms with van der Waals surface area (Å²) in [4.78, 5) is 15.9. The lowest BCUT2D eigenvalue weighted by molar-refractivity contribution is 0.102. The number of nitrogens with one attached hydrogen (secondary N) is 1. The van der Waals surface area contributed by atoms with Gasteiger partial charge in [-0.1, -0.05) is 23.7 Å². The summed E-state index contributed by atoms with van der Waals surface area (Å²) in [5.41, 5.74) is 0.536. The van der Waals surface area contributed by atoms with Gasteiger partial charge in [0, 0.05) is 10.7 Å². The molecule has 2 aromatic rings. The Kier molecular flexibility index (Phi) is 5.59. The summed E-state index contributed by atoms with van der Waals surface area (Å²) < 4.78 is 0.726. The van der Waals surface area contributed by atoms with Crippen LogP contribution < -0.4 is 5.32 Å². The van der Waals surface area contributed by atoms with Crippen LogP contribution in [0.4, 0.5) is 5.82 Å². The van der Waals surface area contributed by atoms with Crippen molar-refractivity contribution in [1.29, 1.82) is 0 Å². The van der Waals surface area contributed by atoms with Gasteiger partial charge in [0.2, 0.25) is 0 Å². The molecule has 0 radical (unpaired) electrons. The van der Waals surface area contributed by atoms with Crippen molar-refractivity contribution in [3.8, 4) is 0 Å². The van der Waals surface area contributed by atoms with Crippen LogP contribution in [0.15, 0.2) is 47.1 Å². The molecule has 3 nitrogen and oxygen atoms in total. The summed E-state index contributed by atoms with van der Waals surface area (Å²) in [5, 5.41) is 3.07. The van der Waals surface area contributed by atoms with Crippen molar-refractivity contribution in [2.75, 3.05) is 5.32 Å². The van der Waals surface area contributed by atoms with E-state index in [1.807, 2.05) is 6.07 Å². The van der Waals surface area contributed by atoms with Gasteiger partial charge in [-0.25, -0.2) is 4.98 Å². The van der Waals surface area contributed by atoms with E-state index >= 15 is 0 Å². The number of halogens is 3. The Bertz CT molecular complexity index is 563. The molecule has 0 saturated carbocycles. The van der Waals surface area contributed by atoms with Crippen LogP contribution in [0.3, 0.4) is 0 Å². The molecular formula is C12H9BrCl2N2O. The topological polar surface area (TPSA) is 42.0 Å². The number of carbonyl (C=O) groups is 1. The van der Waals surface area contributed by atoms with Crippen LogP contribution in [0.25, 0.3) is 0 Å². The number of nitrogens with zero attached hydrogens (tertiary/aromatic N) is 1. The van der Waals surface area contributed by atoms with Crippen molar-refractivity contribution in [2.45, 2.75) is 0 Å². The highest BCUT2D eigenvalue weighted by atomic mass is 79.9. The third-order valence-corrected chi connectivity index (χ3v) is 3.11. The highest BCUT2D eigenvalue weighted by molar-refractivity contribution is 9.10. The number of hydrogen-bond acceptors (Lipinski definition) is 2. The van der Waals surface area contributed by atoms with Crippen molar-refractivity contribution in [2.24, 2.45) is 0 Å². The maximum absolute atomic E-state index is 11.9. The lowest BCUT2D eigenvalue weighted by Gasteiger charge is -2.06. The molecule has 2 rings (SSSR count). The molecule has 1 amide bonds. The van der Waals surface area contributed by atoms with E-state index in [2.05, 4.69) is 26.2 Å². The zero-order valence-corrected chi connectivity index (χ0v) is 12.2. The smallest absolute Gasteiger partial charge is 0.258 e. The van der Waals surface area contributed by atoms with Gasteiger partial charge in [-0.2, -0.15) is 0 Å². The molecule has 1 aromatic heterocycles. The van der Waals surface area contributed by atoms with Crippen LogP contribution in [-0.4, -0.2) is 10.9 Å². The van der Waals surface area contributed by atoms with Gasteiger partial charge in [-0.3, -0.25) is 4.79 Å². The molecule has 6 heteroatoms. The molecule has 0 aliphatic heterocycles. The van der Waals surface area contributed by atoms with E-state index in [9.17, 15) is 4.79 Å². The summed E-state index contributed by atoms with van der Waals surface area (Å²) in [6.45, 7) is 0. The molecule has 1 heterocycles. The van der Waals surface area contributed by atoms with Gasteiger partial charge < -0.3 is 5.32 Å². The van der Waals surface area contributed by atoms with Crippen LogP contribution >= 0.6 is 39.9 Å². The Labute approximate surface area is 124 Å². The van der Waals surface area contributed by atoms with Gasteiger partial charge in [0.25, 0.3) is 5.91 Å². The SMILES string of the molecule is Cl.O=C(Nc1ncccc1Cl)c1ccccc1Br. The molecule has 1 N–H and O–H groups in total. The maximum Gasteiger partial charge on any atom is 0.258 e. The highest BCUT2D eigenvalue weighted by Gasteiger charge is 2.11. The monoisotopic (exact) mass is 346 g/mol. The number of hydrogen-bond donors (Lipinski definition) is 1. The molecule has 94 valence electrons. The fourth-order valence-corrected chi connectivity index (χ4v) is 1.93. The Morgan fingerprint density at radius 1 is 1.22 bits per heavy atom. The van der Waals surface area contributed by atoms with Crippen LogP contribution in [-0.2, 0) is 0 Å². The van der Waals surface area contributed by atoms with Crippen molar-refractivity contribution in [1.82, 2.24) is 4.98 Å². The molecule has 0 fully saturated rings. The van der Waals surface area contributed by atoms with Gasteiger partial charge in [-0.15, -0.1) is 12.4 Å². The minimum Gasteiger partial charge on any atom is -0.305 e. The number of benzene rings is 1. The van der Waals surface area contributed by atoms with Crippen molar-refractivity contribution in [3.05, 3.63) is 57.7 Å². The van der Waals surface area contributed by atoms with Crippen LogP contribution in [0.5, 0.6) is 0 Å². The first kappa shape index (κ1) is 15.0. The van der Waals surface area contributed by atoms with E-state index in [0.29, 0.717) is 16.4 Å². The summed E-state index contributed by atoms with van der Waals surface area (Å²) in [7, 11) is 0. The fourth-order valence-electron chi connectivity index (χ4n) is 1.30. The van der Waals surface area contributed by atoms with Crippen LogP contribution in [0, 0.1) is 0 Å². The first-order chi connectivity index (χ1) is 8.18. The largest absolute Gasteiger partial charge is 0.305 e. The van der Waals surface area contributed by atoms with Gasteiger partial charge >= 0.3 is 0 Å². The van der Waals surface area contributed by atoms with Gasteiger partial charge in [0.1, 0.15) is 0 Å². The minimum absolute atomic E-state index is 0. The molecule has 0 unspecified atom stereocenters. The van der Waals surface area contributed by atoms with E-state index in [0.717, 1.165) is 4.47 Å². The molecular weight excluding hydrogens is 339 g/mol. The number of pyridine rings is 1. The lowest BCUT2D eigenvalue weighted by Crippen LogP contribution is -2.13. The molecule has 18 heavy (non-hydrogen) atoms. The number of amides is 1. The van der Waals surface area contributed by atoms with Gasteiger partial charge in [0.15, 0.2) is 5.82 Å². The molecule has 0 atom stereocenters. The zero-order valence-electron chi connectivity index (χ0n) is 9.06.